The maximum absolute atomic E-state index is 14.1. The lowest BCUT2D eigenvalue weighted by Gasteiger charge is -2.49. The van der Waals surface area contributed by atoms with Crippen LogP contribution in [-0.4, -0.2) is 153 Å². The number of oxime groups is 1. The Bertz CT molecular complexity index is 1200. The van der Waals surface area contributed by atoms with Crippen molar-refractivity contribution >= 4 is 11.7 Å². The van der Waals surface area contributed by atoms with Crippen molar-refractivity contribution in [3.63, 3.8) is 0 Å². The third kappa shape index (κ3) is 9.47. The Morgan fingerprint density at radius 1 is 0.923 bits per heavy atom. The highest BCUT2D eigenvalue weighted by atomic mass is 16.7. The van der Waals surface area contributed by atoms with E-state index in [2.05, 4.69) is 5.16 Å². The van der Waals surface area contributed by atoms with Crippen LogP contribution in [0.25, 0.3) is 0 Å². The second kappa shape index (κ2) is 17.5. The molecule has 0 aromatic heterocycles. The van der Waals surface area contributed by atoms with Crippen molar-refractivity contribution in [2.45, 2.75) is 179 Å². The summed E-state index contributed by atoms with van der Waals surface area (Å²) in [5.74, 6) is -4.24. The molecule has 18 atom stereocenters. The Morgan fingerprint density at radius 2 is 1.54 bits per heavy atom. The summed E-state index contributed by atoms with van der Waals surface area (Å²) in [6.07, 6.45) is -9.51. The van der Waals surface area contributed by atoms with Gasteiger partial charge in [-0.2, -0.15) is 0 Å². The van der Waals surface area contributed by atoms with Crippen LogP contribution in [0.3, 0.4) is 0 Å². The molecule has 0 bridgehead atoms. The van der Waals surface area contributed by atoms with Crippen molar-refractivity contribution in [2.24, 2.45) is 28.8 Å². The fraction of sp³-hybridized carbons (Fsp3) is 0.946. The first-order chi connectivity index (χ1) is 24.0. The first kappa shape index (κ1) is 44.9. The van der Waals surface area contributed by atoms with Crippen molar-refractivity contribution in [1.82, 2.24) is 4.90 Å². The predicted molar refractivity (Wildman–Crippen MR) is 190 cm³/mol. The van der Waals surface area contributed by atoms with Gasteiger partial charge in [-0.3, -0.25) is 4.79 Å². The monoisotopic (exact) mass is 748 g/mol. The van der Waals surface area contributed by atoms with E-state index in [1.807, 2.05) is 25.9 Å². The molecule has 0 amide bonds. The molecule has 0 aromatic carbocycles. The van der Waals surface area contributed by atoms with Gasteiger partial charge < -0.3 is 64.1 Å². The van der Waals surface area contributed by atoms with Crippen LogP contribution in [0.2, 0.25) is 0 Å². The molecule has 6 N–H and O–H groups in total. The topological polar surface area (TPSA) is 209 Å². The number of aliphatic hydroxyl groups excluding tert-OH is 3. The zero-order valence-corrected chi connectivity index (χ0v) is 33.4. The fourth-order valence-corrected chi connectivity index (χ4v) is 8.61. The fourth-order valence-electron chi connectivity index (χ4n) is 8.61. The second-order valence-electron chi connectivity index (χ2n) is 16.6. The molecule has 0 saturated carbocycles. The minimum atomic E-state index is -1.97. The van der Waals surface area contributed by atoms with Crippen molar-refractivity contribution in [3.05, 3.63) is 0 Å². The van der Waals surface area contributed by atoms with Gasteiger partial charge in [0.2, 0.25) is 0 Å². The molecular weight excluding hydrogens is 680 g/mol. The lowest BCUT2D eigenvalue weighted by Crippen LogP contribution is -2.61. The Hall–Kier alpha value is -1.50. The predicted octanol–water partition coefficient (Wildman–Crippen LogP) is 2.05. The average Bonchev–Trinajstić information content (AvgIpc) is 3.06. The van der Waals surface area contributed by atoms with Gasteiger partial charge >= 0.3 is 5.97 Å². The molecular formula is C37H68N2O13. The zero-order valence-electron chi connectivity index (χ0n) is 33.4. The number of esters is 1. The van der Waals surface area contributed by atoms with E-state index in [1.165, 1.54) is 14.0 Å². The standard InChI is InChI=1S/C37H68N2O13/c1-14-25-37(10,45)30(41)20(4)27(38-46)18(2)16-35(8,44)32(52-34-28(40)24(39(11)12)15-19(3)48-34)21(5)29(22(6)33(43)50-25)51-26-17-36(9,47-13)31(42)23(7)49-26/h18-26,28-32,34,40-42,44-46H,14-17H2,1-13H3/b38-27-/t18-,19-,20+,21+,22-,23+,24+,25-,26+,28?,29+,30-,31+,32-,34+,35-,36-,37-/m1/s1. The SMILES string of the molecule is CC[C@H]1OC(=O)[C@H](C)[C@@H](O[C@H]2C[C@@](C)(OC)[C@@H](O)[C@H](C)O2)[C@H](C)[C@@H](O[C@@H]2O[C@H](C)C[C@H](N(C)C)C2O)[C@](C)(O)C[C@@H](C)/C(=N/O)[C@H](C)[C@@H](O)[C@]1(C)O. The first-order valence-corrected chi connectivity index (χ1v) is 18.7. The van der Waals surface area contributed by atoms with Gasteiger partial charge in [0.05, 0.1) is 53.4 Å². The van der Waals surface area contributed by atoms with Gasteiger partial charge in [-0.25, -0.2) is 0 Å². The van der Waals surface area contributed by atoms with Crippen LogP contribution in [-0.2, 0) is 33.2 Å². The number of aliphatic hydroxyl groups is 5. The van der Waals surface area contributed by atoms with E-state index >= 15 is 0 Å². The van der Waals surface area contributed by atoms with Crippen molar-refractivity contribution < 1.29 is 64.0 Å². The van der Waals surface area contributed by atoms with Crippen molar-refractivity contribution in [2.75, 3.05) is 21.2 Å². The number of carbonyl (C=O) groups is 1. The van der Waals surface area contributed by atoms with Gasteiger partial charge in [0.25, 0.3) is 0 Å². The quantitative estimate of drug-likeness (QED) is 0.125. The molecule has 3 fully saturated rings. The normalized spacial score (nSPS) is 49.8. The maximum Gasteiger partial charge on any atom is 0.311 e. The summed E-state index contributed by atoms with van der Waals surface area (Å²) in [5.41, 5.74) is -4.68. The second-order valence-corrected chi connectivity index (χ2v) is 16.6. The van der Waals surface area contributed by atoms with Crippen LogP contribution in [0.1, 0.15) is 94.9 Å². The molecule has 3 aliphatic rings. The Morgan fingerprint density at radius 3 is 2.08 bits per heavy atom. The molecule has 304 valence electrons. The van der Waals surface area contributed by atoms with Crippen molar-refractivity contribution in [3.8, 4) is 0 Å². The maximum atomic E-state index is 14.1. The summed E-state index contributed by atoms with van der Waals surface area (Å²) in [7, 11) is 5.19. The number of methoxy groups -OCH3 is 1. The summed E-state index contributed by atoms with van der Waals surface area (Å²) in [6.45, 7) is 16.6. The lowest BCUT2D eigenvalue weighted by atomic mass is 9.73. The van der Waals surface area contributed by atoms with E-state index in [4.69, 9.17) is 28.4 Å². The highest BCUT2D eigenvalue weighted by Gasteiger charge is 2.53. The molecule has 0 spiro atoms. The molecule has 3 heterocycles. The molecule has 1 unspecified atom stereocenters. The van der Waals surface area contributed by atoms with Gasteiger partial charge in [-0.15, -0.1) is 0 Å². The Balaban J connectivity index is 2.21. The Labute approximate surface area is 309 Å². The molecule has 52 heavy (non-hydrogen) atoms. The number of likely N-dealkylation sites (N-methyl/N-ethyl adjacent to an activating group) is 1. The van der Waals surface area contributed by atoms with E-state index in [0.717, 1.165) is 0 Å². The minimum Gasteiger partial charge on any atom is -0.459 e. The molecule has 15 nitrogen and oxygen atoms in total. The number of hydrogen-bond acceptors (Lipinski definition) is 15. The number of nitrogens with zero attached hydrogens (tertiary/aromatic N) is 2. The van der Waals surface area contributed by atoms with Crippen LogP contribution >= 0.6 is 0 Å². The van der Waals surface area contributed by atoms with E-state index in [1.54, 1.807) is 55.4 Å². The van der Waals surface area contributed by atoms with E-state index < -0.39 is 102 Å². The number of rotatable bonds is 7. The van der Waals surface area contributed by atoms with Gasteiger partial charge in [0, 0.05) is 37.3 Å². The molecule has 0 aromatic rings. The Kier molecular flexibility index (Phi) is 15.1. The highest BCUT2D eigenvalue weighted by molar-refractivity contribution is 5.88. The van der Waals surface area contributed by atoms with Crippen molar-refractivity contribution in [1.29, 1.82) is 0 Å². The van der Waals surface area contributed by atoms with Crippen LogP contribution in [0, 0.1) is 23.7 Å². The van der Waals surface area contributed by atoms with Crippen LogP contribution in [0.4, 0.5) is 0 Å². The number of cyclic esters (lactones) is 1. The van der Waals surface area contributed by atoms with Gasteiger partial charge in [-0.05, 0) is 74.9 Å². The average molecular weight is 749 g/mol. The van der Waals surface area contributed by atoms with Crippen LogP contribution < -0.4 is 0 Å². The van der Waals surface area contributed by atoms with E-state index in [9.17, 15) is 35.5 Å². The third-order valence-corrected chi connectivity index (χ3v) is 12.0. The lowest BCUT2D eigenvalue weighted by molar-refractivity contribution is -0.317. The number of carbonyl (C=O) groups excluding carboxylic acids is 1. The largest absolute Gasteiger partial charge is 0.459 e. The smallest absolute Gasteiger partial charge is 0.311 e. The molecule has 15 heteroatoms. The molecule has 3 aliphatic heterocycles. The van der Waals surface area contributed by atoms with Crippen LogP contribution in [0.5, 0.6) is 0 Å². The molecule has 3 rings (SSSR count). The summed E-state index contributed by atoms with van der Waals surface area (Å²) in [4.78, 5) is 16.0. The third-order valence-electron chi connectivity index (χ3n) is 12.0. The van der Waals surface area contributed by atoms with Gasteiger partial charge in [0.15, 0.2) is 12.6 Å². The number of ether oxygens (including phenoxy) is 6. The summed E-state index contributed by atoms with van der Waals surface area (Å²) in [5, 5.41) is 71.8. The van der Waals surface area contributed by atoms with E-state index in [-0.39, 0.29) is 37.1 Å². The zero-order chi connectivity index (χ0) is 39.7. The van der Waals surface area contributed by atoms with E-state index in [0.29, 0.717) is 6.42 Å². The summed E-state index contributed by atoms with van der Waals surface area (Å²) >= 11 is 0. The summed E-state index contributed by atoms with van der Waals surface area (Å²) in [6, 6.07) is -0.322. The summed E-state index contributed by atoms with van der Waals surface area (Å²) < 4.78 is 37.2. The van der Waals surface area contributed by atoms with Gasteiger partial charge in [-0.1, -0.05) is 32.9 Å². The first-order valence-electron chi connectivity index (χ1n) is 18.7. The van der Waals surface area contributed by atoms with Crippen LogP contribution in [0.15, 0.2) is 5.16 Å². The minimum absolute atomic E-state index is 0.0657. The van der Waals surface area contributed by atoms with Gasteiger partial charge in [0.1, 0.15) is 23.9 Å². The number of hydrogen-bond donors (Lipinski definition) is 6. The molecule has 0 aliphatic carbocycles. The molecule has 3 saturated heterocycles. The molecule has 0 radical (unpaired) electrons. The highest BCUT2D eigenvalue weighted by Crippen LogP contribution is 2.41.